The summed E-state index contributed by atoms with van der Waals surface area (Å²) in [6.07, 6.45) is 0. The summed E-state index contributed by atoms with van der Waals surface area (Å²) < 4.78 is 29.3. The summed E-state index contributed by atoms with van der Waals surface area (Å²) in [4.78, 5) is 14.3. The Morgan fingerprint density at radius 3 is 2.34 bits per heavy atom. The molecule has 0 aliphatic carbocycles. The van der Waals surface area contributed by atoms with Crippen molar-refractivity contribution in [2.24, 2.45) is 0 Å². The third-order valence-corrected chi connectivity index (χ3v) is 5.76. The van der Waals surface area contributed by atoms with Crippen LogP contribution in [0.2, 0.25) is 0 Å². The van der Waals surface area contributed by atoms with Crippen molar-refractivity contribution in [3.63, 3.8) is 0 Å². The number of rotatable bonds is 7. The van der Waals surface area contributed by atoms with Gasteiger partial charge in [-0.3, -0.25) is 9.36 Å². The van der Waals surface area contributed by atoms with Gasteiger partial charge in [0.25, 0.3) is 0 Å². The molecule has 4 rings (SSSR count). The Balaban J connectivity index is 1.55. The van der Waals surface area contributed by atoms with Crippen molar-refractivity contribution in [1.82, 2.24) is 19.7 Å². The fraction of sp³-hybridized carbons (Fsp3) is 0.125. The molecule has 4 aromatic rings. The van der Waals surface area contributed by atoms with Gasteiger partial charge in [-0.15, -0.1) is 10.2 Å². The number of hydrogen-bond donors (Lipinski definition) is 0. The van der Waals surface area contributed by atoms with Gasteiger partial charge in [-0.2, -0.15) is 0 Å². The lowest BCUT2D eigenvalue weighted by molar-refractivity contribution is -0.127. The normalized spacial score (nSPS) is 10.8. The first-order chi connectivity index (χ1) is 15.5. The lowest BCUT2D eigenvalue weighted by Gasteiger charge is -2.17. The van der Waals surface area contributed by atoms with Gasteiger partial charge in [-0.25, -0.2) is 8.78 Å². The molecule has 0 atom stereocenters. The quantitative estimate of drug-likeness (QED) is 0.374. The first kappa shape index (κ1) is 21.7. The van der Waals surface area contributed by atoms with Crippen molar-refractivity contribution >= 4 is 17.7 Å². The van der Waals surface area contributed by atoms with Crippen LogP contribution in [0.3, 0.4) is 0 Å². The molecule has 0 spiro atoms. The smallest absolute Gasteiger partial charge is 0.233 e. The molecule has 1 aromatic heterocycles. The molecule has 0 aliphatic rings. The van der Waals surface area contributed by atoms with E-state index in [0.717, 1.165) is 11.3 Å². The molecule has 32 heavy (non-hydrogen) atoms. The third-order valence-electron chi connectivity index (χ3n) is 4.85. The van der Waals surface area contributed by atoms with E-state index >= 15 is 0 Å². The Labute approximate surface area is 188 Å². The van der Waals surface area contributed by atoms with E-state index in [2.05, 4.69) is 10.2 Å². The third kappa shape index (κ3) is 4.86. The molecule has 0 fully saturated rings. The van der Waals surface area contributed by atoms with E-state index in [9.17, 15) is 13.6 Å². The maximum Gasteiger partial charge on any atom is 0.233 e. The van der Waals surface area contributed by atoms with Crippen LogP contribution in [0.15, 0.2) is 84.0 Å². The standard InChI is InChI=1S/C24H20F2N4OS/c1-29(15-17-11-13-18(25)14-12-17)22(31)16-32-24-28-27-23(20-9-5-6-10-21(20)26)30(24)19-7-3-2-4-8-19/h2-14H,15-16H2,1H3. The summed E-state index contributed by atoms with van der Waals surface area (Å²) in [5, 5.41) is 8.93. The number of thioether (sulfide) groups is 1. The fourth-order valence-corrected chi connectivity index (χ4v) is 4.07. The zero-order valence-corrected chi connectivity index (χ0v) is 18.1. The number of nitrogens with zero attached hydrogens (tertiary/aromatic N) is 4. The van der Waals surface area contributed by atoms with Gasteiger partial charge in [0.2, 0.25) is 5.91 Å². The van der Waals surface area contributed by atoms with E-state index < -0.39 is 5.82 Å². The minimum atomic E-state index is -0.399. The maximum atomic E-state index is 14.5. The summed E-state index contributed by atoms with van der Waals surface area (Å²) in [7, 11) is 1.69. The first-order valence-electron chi connectivity index (χ1n) is 9.90. The minimum absolute atomic E-state index is 0.116. The van der Waals surface area contributed by atoms with Crippen LogP contribution in [0.1, 0.15) is 5.56 Å². The van der Waals surface area contributed by atoms with Crippen molar-refractivity contribution in [2.75, 3.05) is 12.8 Å². The molecule has 8 heteroatoms. The van der Waals surface area contributed by atoms with E-state index in [1.54, 1.807) is 46.8 Å². The van der Waals surface area contributed by atoms with Crippen LogP contribution in [0.25, 0.3) is 17.1 Å². The average Bonchev–Trinajstić information content (AvgIpc) is 3.23. The average molecular weight is 451 g/mol. The van der Waals surface area contributed by atoms with Gasteiger partial charge in [-0.05, 0) is 42.0 Å². The highest BCUT2D eigenvalue weighted by molar-refractivity contribution is 7.99. The minimum Gasteiger partial charge on any atom is -0.341 e. The number of benzene rings is 3. The van der Waals surface area contributed by atoms with Crippen LogP contribution in [-0.2, 0) is 11.3 Å². The SMILES string of the molecule is CN(Cc1ccc(F)cc1)C(=O)CSc1nnc(-c2ccccc2F)n1-c1ccccc1. The molecular formula is C24H20F2N4OS. The Morgan fingerprint density at radius 1 is 0.938 bits per heavy atom. The van der Waals surface area contributed by atoms with Gasteiger partial charge in [0, 0.05) is 19.3 Å². The molecule has 162 valence electrons. The predicted molar refractivity (Wildman–Crippen MR) is 120 cm³/mol. The summed E-state index contributed by atoms with van der Waals surface area (Å²) in [5.74, 6) is -0.342. The molecule has 0 saturated heterocycles. The van der Waals surface area contributed by atoms with Crippen LogP contribution in [-0.4, -0.2) is 38.4 Å². The number of halogens is 2. The number of hydrogen-bond acceptors (Lipinski definition) is 4. The fourth-order valence-electron chi connectivity index (χ4n) is 3.18. The van der Waals surface area contributed by atoms with E-state index in [0.29, 0.717) is 23.1 Å². The van der Waals surface area contributed by atoms with E-state index in [-0.39, 0.29) is 17.5 Å². The molecule has 0 bridgehead atoms. The summed E-state index contributed by atoms with van der Waals surface area (Å²) in [6, 6.07) is 21.8. The lowest BCUT2D eigenvalue weighted by Crippen LogP contribution is -2.27. The van der Waals surface area contributed by atoms with Crippen LogP contribution >= 0.6 is 11.8 Å². The first-order valence-corrected chi connectivity index (χ1v) is 10.9. The predicted octanol–water partition coefficient (Wildman–Crippen LogP) is 4.96. The number of amides is 1. The van der Waals surface area contributed by atoms with Crippen molar-refractivity contribution in [3.05, 3.63) is 96.1 Å². The van der Waals surface area contributed by atoms with Crippen molar-refractivity contribution < 1.29 is 13.6 Å². The summed E-state index contributed by atoms with van der Waals surface area (Å²) in [5.41, 5.74) is 1.93. The Bertz CT molecular complexity index is 1210. The van der Waals surface area contributed by atoms with E-state index in [1.807, 2.05) is 30.3 Å². The van der Waals surface area contributed by atoms with Crippen LogP contribution in [0, 0.1) is 11.6 Å². The number of carbonyl (C=O) groups excluding carboxylic acids is 1. The lowest BCUT2D eigenvalue weighted by atomic mass is 10.2. The second-order valence-corrected chi connectivity index (χ2v) is 8.06. The zero-order valence-electron chi connectivity index (χ0n) is 17.3. The van der Waals surface area contributed by atoms with Gasteiger partial charge in [0.1, 0.15) is 11.6 Å². The van der Waals surface area contributed by atoms with Crippen LogP contribution < -0.4 is 0 Å². The molecule has 0 saturated carbocycles. The molecule has 3 aromatic carbocycles. The van der Waals surface area contributed by atoms with Crippen molar-refractivity contribution in [3.8, 4) is 17.1 Å². The molecule has 1 amide bonds. The van der Waals surface area contributed by atoms with Gasteiger partial charge in [0.15, 0.2) is 11.0 Å². The van der Waals surface area contributed by atoms with Gasteiger partial charge in [0.05, 0.1) is 11.3 Å². The molecule has 0 radical (unpaired) electrons. The maximum absolute atomic E-state index is 14.5. The highest BCUT2D eigenvalue weighted by Crippen LogP contribution is 2.29. The second-order valence-electron chi connectivity index (χ2n) is 7.12. The summed E-state index contributed by atoms with van der Waals surface area (Å²) in [6.45, 7) is 0.367. The van der Waals surface area contributed by atoms with Crippen molar-refractivity contribution in [1.29, 1.82) is 0 Å². The molecule has 0 aliphatic heterocycles. The van der Waals surface area contributed by atoms with Gasteiger partial charge < -0.3 is 4.90 Å². The van der Waals surface area contributed by atoms with E-state index in [1.165, 1.54) is 30.0 Å². The second kappa shape index (κ2) is 9.74. The molecule has 5 nitrogen and oxygen atoms in total. The monoisotopic (exact) mass is 450 g/mol. The molecule has 0 unspecified atom stereocenters. The molecule has 1 heterocycles. The Hall–Kier alpha value is -3.52. The Morgan fingerprint density at radius 2 is 1.62 bits per heavy atom. The highest BCUT2D eigenvalue weighted by Gasteiger charge is 2.20. The summed E-state index contributed by atoms with van der Waals surface area (Å²) >= 11 is 1.23. The molecule has 0 N–H and O–H groups in total. The molecular weight excluding hydrogens is 430 g/mol. The van der Waals surface area contributed by atoms with Crippen LogP contribution in [0.5, 0.6) is 0 Å². The van der Waals surface area contributed by atoms with E-state index in [4.69, 9.17) is 0 Å². The topological polar surface area (TPSA) is 51.0 Å². The van der Waals surface area contributed by atoms with Crippen LogP contribution in [0.4, 0.5) is 8.78 Å². The van der Waals surface area contributed by atoms with Gasteiger partial charge >= 0.3 is 0 Å². The van der Waals surface area contributed by atoms with Gasteiger partial charge in [-0.1, -0.05) is 54.2 Å². The largest absolute Gasteiger partial charge is 0.341 e. The Kier molecular flexibility index (Phi) is 6.61. The van der Waals surface area contributed by atoms with Crippen molar-refractivity contribution in [2.45, 2.75) is 11.7 Å². The highest BCUT2D eigenvalue weighted by atomic mass is 32.2. The number of aromatic nitrogens is 3. The zero-order chi connectivity index (χ0) is 22.5. The number of para-hydroxylation sites is 1. The number of carbonyl (C=O) groups is 1.